The molecule has 1 aromatic carbocycles. The van der Waals surface area contributed by atoms with Crippen molar-refractivity contribution in [1.29, 1.82) is 0 Å². The SMILES string of the molecule is CCOC(=O)C(C)(C)Oc1ccc(Cl)cc1.OCc1cccnc1. The van der Waals surface area contributed by atoms with Gasteiger partial charge < -0.3 is 14.6 Å². The highest BCUT2D eigenvalue weighted by Crippen LogP contribution is 2.21. The molecule has 1 aromatic heterocycles. The van der Waals surface area contributed by atoms with Crippen molar-refractivity contribution in [2.24, 2.45) is 0 Å². The number of ether oxygens (including phenoxy) is 2. The number of aromatic nitrogens is 1. The van der Waals surface area contributed by atoms with Crippen LogP contribution in [0.15, 0.2) is 48.8 Å². The van der Waals surface area contributed by atoms with E-state index < -0.39 is 5.60 Å². The van der Waals surface area contributed by atoms with Crippen LogP contribution < -0.4 is 4.74 Å². The molecular formula is C18H22ClNO4. The molecule has 0 bridgehead atoms. The van der Waals surface area contributed by atoms with Gasteiger partial charge in [0.1, 0.15) is 5.75 Å². The minimum Gasteiger partial charge on any atom is -0.476 e. The fourth-order valence-corrected chi connectivity index (χ4v) is 1.76. The normalized spacial score (nSPS) is 10.4. The number of hydrogen-bond donors (Lipinski definition) is 1. The smallest absolute Gasteiger partial charge is 0.349 e. The molecule has 2 aromatic rings. The van der Waals surface area contributed by atoms with Crippen molar-refractivity contribution in [2.75, 3.05) is 6.61 Å². The Kier molecular flexibility index (Phi) is 8.22. The van der Waals surface area contributed by atoms with Crippen molar-refractivity contribution in [1.82, 2.24) is 4.98 Å². The van der Waals surface area contributed by atoms with Crippen molar-refractivity contribution in [3.63, 3.8) is 0 Å². The molecule has 0 spiro atoms. The highest BCUT2D eigenvalue weighted by Gasteiger charge is 2.31. The van der Waals surface area contributed by atoms with Crippen molar-refractivity contribution in [2.45, 2.75) is 33.0 Å². The summed E-state index contributed by atoms with van der Waals surface area (Å²) < 4.78 is 10.5. The van der Waals surface area contributed by atoms with E-state index in [0.29, 0.717) is 17.4 Å². The summed E-state index contributed by atoms with van der Waals surface area (Å²) in [5.41, 5.74) is -0.142. The van der Waals surface area contributed by atoms with Crippen LogP contribution >= 0.6 is 11.6 Å². The zero-order valence-electron chi connectivity index (χ0n) is 14.0. The molecule has 1 N–H and O–H groups in total. The van der Waals surface area contributed by atoms with Crippen LogP contribution in [-0.2, 0) is 16.1 Å². The van der Waals surface area contributed by atoms with Crippen LogP contribution in [0.5, 0.6) is 5.75 Å². The number of carbonyl (C=O) groups excluding carboxylic acids is 1. The zero-order valence-corrected chi connectivity index (χ0v) is 14.8. The Hall–Kier alpha value is -2.11. The highest BCUT2D eigenvalue weighted by molar-refractivity contribution is 6.30. The van der Waals surface area contributed by atoms with Gasteiger partial charge in [0.2, 0.25) is 0 Å². The predicted octanol–water partition coefficient (Wildman–Crippen LogP) is 3.63. The maximum absolute atomic E-state index is 11.6. The molecule has 6 heteroatoms. The first-order valence-corrected chi connectivity index (χ1v) is 7.88. The Bertz CT molecular complexity index is 615. The van der Waals surface area contributed by atoms with Crippen molar-refractivity contribution in [3.05, 3.63) is 59.4 Å². The molecular weight excluding hydrogens is 330 g/mol. The summed E-state index contributed by atoms with van der Waals surface area (Å²) in [7, 11) is 0. The topological polar surface area (TPSA) is 68.7 Å². The van der Waals surface area contributed by atoms with Gasteiger partial charge in [-0.05, 0) is 56.7 Å². The summed E-state index contributed by atoms with van der Waals surface area (Å²) in [6.45, 7) is 5.51. The molecule has 5 nitrogen and oxygen atoms in total. The average Bonchev–Trinajstić information content (AvgIpc) is 2.58. The van der Waals surface area contributed by atoms with Crippen molar-refractivity contribution < 1.29 is 19.4 Å². The lowest BCUT2D eigenvalue weighted by atomic mass is 10.1. The first-order valence-electron chi connectivity index (χ1n) is 7.50. The maximum Gasteiger partial charge on any atom is 0.349 e. The molecule has 0 saturated heterocycles. The summed E-state index contributed by atoms with van der Waals surface area (Å²) in [6, 6.07) is 10.5. The van der Waals surface area contributed by atoms with Gasteiger partial charge in [-0.2, -0.15) is 0 Å². The van der Waals surface area contributed by atoms with E-state index in [1.165, 1.54) is 0 Å². The molecule has 0 unspecified atom stereocenters. The summed E-state index contributed by atoms with van der Waals surface area (Å²) in [5.74, 6) is 0.201. The number of aliphatic hydroxyl groups excluding tert-OH is 1. The standard InChI is InChI=1S/C12H15ClO3.C6H7NO/c1-4-15-11(14)12(2,3)16-10-7-5-9(13)6-8-10;8-5-6-2-1-3-7-4-6/h5-8H,4H2,1-3H3;1-4,8H,5H2. The Morgan fingerprint density at radius 1 is 1.25 bits per heavy atom. The third-order valence-corrected chi connectivity index (χ3v) is 3.11. The van der Waals surface area contributed by atoms with Crippen LogP contribution in [0, 0.1) is 0 Å². The van der Waals surface area contributed by atoms with Gasteiger partial charge in [-0.3, -0.25) is 4.98 Å². The molecule has 0 aliphatic heterocycles. The van der Waals surface area contributed by atoms with Crippen LogP contribution in [0.3, 0.4) is 0 Å². The minimum absolute atomic E-state index is 0.0772. The van der Waals surface area contributed by atoms with Crippen molar-refractivity contribution >= 4 is 17.6 Å². The lowest BCUT2D eigenvalue weighted by Gasteiger charge is -2.23. The van der Waals surface area contributed by atoms with Crippen LogP contribution in [0.2, 0.25) is 5.02 Å². The number of pyridine rings is 1. The predicted molar refractivity (Wildman–Crippen MR) is 93.0 cm³/mol. The van der Waals surface area contributed by atoms with Crippen LogP contribution in [0.25, 0.3) is 0 Å². The zero-order chi connectivity index (χ0) is 18.0. The number of rotatable bonds is 5. The number of benzene rings is 1. The first kappa shape index (κ1) is 19.9. The third kappa shape index (κ3) is 6.98. The van der Waals surface area contributed by atoms with Gasteiger partial charge in [0.25, 0.3) is 0 Å². The summed E-state index contributed by atoms with van der Waals surface area (Å²) in [6.07, 6.45) is 3.32. The molecule has 0 fully saturated rings. The quantitative estimate of drug-likeness (QED) is 0.833. The molecule has 0 amide bonds. The second-order valence-corrected chi connectivity index (χ2v) is 5.74. The molecule has 24 heavy (non-hydrogen) atoms. The van der Waals surface area contributed by atoms with Gasteiger partial charge in [0, 0.05) is 17.4 Å². The maximum atomic E-state index is 11.6. The molecule has 0 saturated carbocycles. The fraction of sp³-hybridized carbons (Fsp3) is 0.333. The van der Waals surface area contributed by atoms with Crippen LogP contribution in [0.1, 0.15) is 26.3 Å². The second kappa shape index (κ2) is 9.90. The van der Waals surface area contributed by atoms with Gasteiger partial charge in [-0.1, -0.05) is 17.7 Å². The monoisotopic (exact) mass is 351 g/mol. The molecule has 0 radical (unpaired) electrons. The fourth-order valence-electron chi connectivity index (χ4n) is 1.64. The number of esters is 1. The van der Waals surface area contributed by atoms with E-state index in [1.54, 1.807) is 63.5 Å². The first-order chi connectivity index (χ1) is 11.4. The number of carbonyl (C=O) groups is 1. The molecule has 1 heterocycles. The highest BCUT2D eigenvalue weighted by atomic mass is 35.5. The van der Waals surface area contributed by atoms with E-state index in [2.05, 4.69) is 4.98 Å². The van der Waals surface area contributed by atoms with E-state index in [-0.39, 0.29) is 12.6 Å². The summed E-state index contributed by atoms with van der Waals surface area (Å²) >= 11 is 5.75. The Labute approximate surface area is 147 Å². The Morgan fingerprint density at radius 3 is 2.38 bits per heavy atom. The summed E-state index contributed by atoms with van der Waals surface area (Å²) in [5, 5.41) is 9.12. The molecule has 0 aliphatic rings. The largest absolute Gasteiger partial charge is 0.476 e. The van der Waals surface area contributed by atoms with E-state index >= 15 is 0 Å². The van der Waals surface area contributed by atoms with Gasteiger partial charge >= 0.3 is 5.97 Å². The lowest BCUT2D eigenvalue weighted by molar-refractivity contribution is -0.158. The Morgan fingerprint density at radius 2 is 1.92 bits per heavy atom. The van der Waals surface area contributed by atoms with E-state index in [4.69, 9.17) is 26.2 Å². The number of hydrogen-bond acceptors (Lipinski definition) is 5. The van der Waals surface area contributed by atoms with Gasteiger partial charge in [0.05, 0.1) is 13.2 Å². The lowest BCUT2D eigenvalue weighted by Crippen LogP contribution is -2.39. The van der Waals surface area contributed by atoms with Crippen LogP contribution in [0.4, 0.5) is 0 Å². The van der Waals surface area contributed by atoms with Crippen molar-refractivity contribution in [3.8, 4) is 5.75 Å². The molecule has 0 atom stereocenters. The van der Waals surface area contributed by atoms with E-state index in [1.807, 2.05) is 6.07 Å². The second-order valence-electron chi connectivity index (χ2n) is 5.31. The van der Waals surface area contributed by atoms with E-state index in [9.17, 15) is 4.79 Å². The molecule has 130 valence electrons. The van der Waals surface area contributed by atoms with Gasteiger partial charge in [0.15, 0.2) is 5.60 Å². The number of nitrogens with zero attached hydrogens (tertiary/aromatic N) is 1. The Balaban J connectivity index is 0.000000300. The van der Waals surface area contributed by atoms with Crippen LogP contribution in [-0.4, -0.2) is 28.3 Å². The molecule has 2 rings (SSSR count). The number of halogens is 1. The average molecular weight is 352 g/mol. The van der Waals surface area contributed by atoms with Gasteiger partial charge in [-0.25, -0.2) is 4.79 Å². The third-order valence-electron chi connectivity index (χ3n) is 2.86. The minimum atomic E-state index is -0.996. The van der Waals surface area contributed by atoms with E-state index in [0.717, 1.165) is 5.56 Å². The molecule has 0 aliphatic carbocycles. The van der Waals surface area contributed by atoms with Gasteiger partial charge in [-0.15, -0.1) is 0 Å². The number of aliphatic hydroxyl groups is 1. The summed E-state index contributed by atoms with van der Waals surface area (Å²) in [4.78, 5) is 15.4.